The lowest BCUT2D eigenvalue weighted by atomic mass is 9.97. The molecule has 3 rings (SSSR count). The first kappa shape index (κ1) is 14.3. The van der Waals surface area contributed by atoms with E-state index in [2.05, 4.69) is 22.4 Å². The molecule has 2 aromatic rings. The fourth-order valence-electron chi connectivity index (χ4n) is 3.04. The van der Waals surface area contributed by atoms with Crippen LogP contribution in [0.15, 0.2) is 34.7 Å². The van der Waals surface area contributed by atoms with Crippen LogP contribution in [-0.4, -0.2) is 16.2 Å². The van der Waals surface area contributed by atoms with Gasteiger partial charge in [0.2, 0.25) is 11.8 Å². The van der Waals surface area contributed by atoms with Gasteiger partial charge in [-0.05, 0) is 30.9 Å². The summed E-state index contributed by atoms with van der Waals surface area (Å²) in [4.78, 5) is 0. The van der Waals surface area contributed by atoms with Crippen molar-refractivity contribution in [1.82, 2.24) is 15.5 Å². The first-order valence-corrected chi connectivity index (χ1v) is 7.94. The van der Waals surface area contributed by atoms with Crippen LogP contribution < -0.4 is 5.32 Å². The molecule has 1 aliphatic rings. The van der Waals surface area contributed by atoms with Crippen LogP contribution in [0.3, 0.4) is 0 Å². The summed E-state index contributed by atoms with van der Waals surface area (Å²) in [6.07, 6.45) is 6.61. The summed E-state index contributed by atoms with van der Waals surface area (Å²) in [5, 5.41) is 11.9. The van der Waals surface area contributed by atoms with Gasteiger partial charge < -0.3 is 9.73 Å². The fraction of sp³-hybridized carbons (Fsp3) is 0.529. The molecule has 0 bridgehead atoms. The molecule has 4 heteroatoms. The van der Waals surface area contributed by atoms with Gasteiger partial charge in [-0.3, -0.25) is 0 Å². The van der Waals surface area contributed by atoms with Crippen LogP contribution in [0, 0.1) is 5.92 Å². The Hall–Kier alpha value is -1.68. The van der Waals surface area contributed by atoms with E-state index in [1.807, 2.05) is 30.3 Å². The fourth-order valence-corrected chi connectivity index (χ4v) is 3.04. The van der Waals surface area contributed by atoms with E-state index in [1.54, 1.807) is 0 Å². The lowest BCUT2D eigenvalue weighted by Gasteiger charge is -2.21. The molecule has 21 heavy (non-hydrogen) atoms. The maximum atomic E-state index is 5.74. The van der Waals surface area contributed by atoms with E-state index in [1.165, 1.54) is 32.1 Å². The molecule has 1 N–H and O–H groups in total. The average molecular weight is 285 g/mol. The minimum Gasteiger partial charge on any atom is -0.419 e. The highest BCUT2D eigenvalue weighted by Crippen LogP contribution is 2.23. The highest BCUT2D eigenvalue weighted by molar-refractivity contribution is 5.51. The molecule has 0 saturated heterocycles. The second-order valence-electron chi connectivity index (χ2n) is 5.97. The van der Waals surface area contributed by atoms with E-state index in [4.69, 9.17) is 4.42 Å². The SMILES string of the molecule is CC1CCCCCC1NCc1nnc(-c2ccccc2)o1. The Bertz CT molecular complexity index is 552. The molecule has 2 unspecified atom stereocenters. The van der Waals surface area contributed by atoms with Crippen LogP contribution in [0.5, 0.6) is 0 Å². The third kappa shape index (κ3) is 3.70. The topological polar surface area (TPSA) is 51.0 Å². The van der Waals surface area contributed by atoms with Crippen molar-refractivity contribution in [1.29, 1.82) is 0 Å². The largest absolute Gasteiger partial charge is 0.419 e. The summed E-state index contributed by atoms with van der Waals surface area (Å²) in [7, 11) is 0. The molecule has 112 valence electrons. The summed E-state index contributed by atoms with van der Waals surface area (Å²) in [5.41, 5.74) is 0.971. The second-order valence-corrected chi connectivity index (χ2v) is 5.97. The van der Waals surface area contributed by atoms with E-state index in [0.29, 0.717) is 24.4 Å². The Balaban J connectivity index is 1.60. The average Bonchev–Trinajstić information content (AvgIpc) is 2.90. The number of rotatable bonds is 4. The first-order valence-electron chi connectivity index (χ1n) is 7.94. The highest BCUT2D eigenvalue weighted by atomic mass is 16.4. The van der Waals surface area contributed by atoms with Gasteiger partial charge in [0.15, 0.2) is 0 Å². The molecule has 1 aliphatic carbocycles. The Morgan fingerprint density at radius 3 is 2.76 bits per heavy atom. The molecule has 1 fully saturated rings. The maximum absolute atomic E-state index is 5.74. The van der Waals surface area contributed by atoms with E-state index in [9.17, 15) is 0 Å². The number of hydrogen-bond acceptors (Lipinski definition) is 4. The van der Waals surface area contributed by atoms with Crippen LogP contribution in [-0.2, 0) is 6.54 Å². The van der Waals surface area contributed by atoms with Gasteiger partial charge in [0.05, 0.1) is 6.54 Å². The third-order valence-electron chi connectivity index (χ3n) is 4.36. The molecule has 0 spiro atoms. The van der Waals surface area contributed by atoms with Crippen LogP contribution >= 0.6 is 0 Å². The molecule has 0 aliphatic heterocycles. The first-order chi connectivity index (χ1) is 10.3. The number of nitrogens with zero attached hydrogens (tertiary/aromatic N) is 2. The van der Waals surface area contributed by atoms with Crippen LogP contribution in [0.4, 0.5) is 0 Å². The predicted molar refractivity (Wildman–Crippen MR) is 82.6 cm³/mol. The van der Waals surface area contributed by atoms with Crippen LogP contribution in [0.25, 0.3) is 11.5 Å². The maximum Gasteiger partial charge on any atom is 0.247 e. The molecule has 1 saturated carbocycles. The Morgan fingerprint density at radius 1 is 1.10 bits per heavy atom. The van der Waals surface area contributed by atoms with E-state index in [-0.39, 0.29) is 0 Å². The molecule has 0 radical (unpaired) electrons. The van der Waals surface area contributed by atoms with Crippen molar-refractivity contribution in [3.63, 3.8) is 0 Å². The van der Waals surface area contributed by atoms with Gasteiger partial charge in [-0.2, -0.15) is 0 Å². The highest BCUT2D eigenvalue weighted by Gasteiger charge is 2.20. The van der Waals surface area contributed by atoms with Crippen molar-refractivity contribution in [3.05, 3.63) is 36.2 Å². The summed E-state index contributed by atoms with van der Waals surface area (Å²) in [6, 6.07) is 10.5. The molecule has 1 aromatic heterocycles. The quantitative estimate of drug-likeness (QED) is 0.868. The van der Waals surface area contributed by atoms with Gasteiger partial charge in [-0.1, -0.05) is 44.4 Å². The zero-order chi connectivity index (χ0) is 14.5. The van der Waals surface area contributed by atoms with Gasteiger partial charge in [-0.15, -0.1) is 10.2 Å². The molecular formula is C17H23N3O. The minimum absolute atomic E-state index is 0.569. The van der Waals surface area contributed by atoms with Crippen LogP contribution in [0.1, 0.15) is 44.9 Å². The number of benzene rings is 1. The normalized spacial score (nSPS) is 22.9. The summed E-state index contributed by atoms with van der Waals surface area (Å²) in [6.45, 7) is 3.00. The summed E-state index contributed by atoms with van der Waals surface area (Å²) in [5.74, 6) is 2.00. The van der Waals surface area contributed by atoms with Gasteiger partial charge in [0.1, 0.15) is 0 Å². The Labute approximate surface area is 126 Å². The van der Waals surface area contributed by atoms with Gasteiger partial charge >= 0.3 is 0 Å². The van der Waals surface area contributed by atoms with E-state index >= 15 is 0 Å². The molecule has 4 nitrogen and oxygen atoms in total. The lowest BCUT2D eigenvalue weighted by Crippen LogP contribution is -2.33. The van der Waals surface area contributed by atoms with Crippen molar-refractivity contribution in [2.75, 3.05) is 0 Å². The number of hydrogen-bond donors (Lipinski definition) is 1. The zero-order valence-corrected chi connectivity index (χ0v) is 12.6. The summed E-state index contributed by atoms with van der Waals surface area (Å²) < 4.78 is 5.74. The van der Waals surface area contributed by atoms with Crippen LogP contribution in [0.2, 0.25) is 0 Å². The smallest absolute Gasteiger partial charge is 0.247 e. The predicted octanol–water partition coefficient (Wildman–Crippen LogP) is 3.80. The zero-order valence-electron chi connectivity index (χ0n) is 12.6. The van der Waals surface area contributed by atoms with Crippen molar-refractivity contribution in [2.45, 2.75) is 51.6 Å². The standard InChI is InChI=1S/C17H23N3O/c1-13-8-4-2-7-11-15(13)18-12-16-19-20-17(21-16)14-9-5-3-6-10-14/h3,5-6,9-10,13,15,18H,2,4,7-8,11-12H2,1H3. The number of aromatic nitrogens is 2. The summed E-state index contributed by atoms with van der Waals surface area (Å²) >= 11 is 0. The minimum atomic E-state index is 0.569. The molecular weight excluding hydrogens is 262 g/mol. The molecule has 1 heterocycles. The van der Waals surface area contributed by atoms with Gasteiger partial charge in [0.25, 0.3) is 0 Å². The van der Waals surface area contributed by atoms with Crippen molar-refractivity contribution >= 4 is 0 Å². The van der Waals surface area contributed by atoms with Crippen molar-refractivity contribution < 1.29 is 4.42 Å². The Kier molecular flexibility index (Phi) is 4.65. The van der Waals surface area contributed by atoms with Crippen molar-refractivity contribution in [2.24, 2.45) is 5.92 Å². The molecule has 1 aromatic carbocycles. The third-order valence-corrected chi connectivity index (χ3v) is 4.36. The number of nitrogens with one attached hydrogen (secondary N) is 1. The molecule has 2 atom stereocenters. The lowest BCUT2D eigenvalue weighted by molar-refractivity contribution is 0.339. The van der Waals surface area contributed by atoms with E-state index in [0.717, 1.165) is 11.5 Å². The monoisotopic (exact) mass is 285 g/mol. The van der Waals surface area contributed by atoms with Crippen molar-refractivity contribution in [3.8, 4) is 11.5 Å². The van der Waals surface area contributed by atoms with E-state index < -0.39 is 0 Å². The Morgan fingerprint density at radius 2 is 1.90 bits per heavy atom. The second kappa shape index (κ2) is 6.85. The van der Waals surface area contributed by atoms with Gasteiger partial charge in [0, 0.05) is 11.6 Å². The molecule has 0 amide bonds. The van der Waals surface area contributed by atoms with Gasteiger partial charge in [-0.25, -0.2) is 0 Å².